The molecule has 3 aliphatic heterocycles. The smallest absolute Gasteiger partial charge is 0.275 e. The van der Waals surface area contributed by atoms with Gasteiger partial charge in [-0.2, -0.15) is 5.10 Å². The molecule has 1 saturated heterocycles. The Morgan fingerprint density at radius 3 is 3.16 bits per heavy atom. The second-order valence-corrected chi connectivity index (χ2v) is 6.73. The fraction of sp³-hybridized carbons (Fsp3) is 0.444. The highest BCUT2D eigenvalue weighted by Gasteiger charge is 2.34. The van der Waals surface area contributed by atoms with Crippen molar-refractivity contribution in [2.24, 2.45) is 0 Å². The quantitative estimate of drug-likeness (QED) is 0.871. The number of H-pyrrole nitrogens is 1. The minimum Gasteiger partial charge on any atom is -0.454 e. The molecule has 1 unspecified atom stereocenters. The molecule has 0 saturated carbocycles. The van der Waals surface area contributed by atoms with Gasteiger partial charge in [0.25, 0.3) is 5.91 Å². The summed E-state index contributed by atoms with van der Waals surface area (Å²) in [5.41, 5.74) is 3.76. The number of fused-ring (bicyclic) bond motifs is 2. The molecule has 0 radical (unpaired) electrons. The van der Waals surface area contributed by atoms with Crippen LogP contribution >= 0.6 is 0 Å². The maximum absolute atomic E-state index is 13.2. The number of nitrogens with one attached hydrogen (secondary N) is 2. The third kappa shape index (κ3) is 2.38. The maximum atomic E-state index is 13.2. The highest BCUT2D eigenvalue weighted by molar-refractivity contribution is 5.94. The molecule has 1 aromatic heterocycles. The molecule has 7 heteroatoms. The summed E-state index contributed by atoms with van der Waals surface area (Å²) < 4.78 is 10.9. The monoisotopic (exact) mass is 340 g/mol. The first-order valence-corrected chi connectivity index (χ1v) is 8.78. The van der Waals surface area contributed by atoms with Crippen molar-refractivity contribution in [1.29, 1.82) is 0 Å². The molecule has 0 bridgehead atoms. The molecule has 130 valence electrons. The van der Waals surface area contributed by atoms with Crippen LogP contribution in [0, 0.1) is 0 Å². The van der Waals surface area contributed by atoms with Crippen LogP contribution in [0.3, 0.4) is 0 Å². The van der Waals surface area contributed by atoms with E-state index in [1.807, 2.05) is 23.1 Å². The van der Waals surface area contributed by atoms with Crippen molar-refractivity contribution in [3.05, 3.63) is 40.7 Å². The minimum absolute atomic E-state index is 0.0152. The number of benzene rings is 1. The summed E-state index contributed by atoms with van der Waals surface area (Å²) in [5.74, 6) is 1.55. The maximum Gasteiger partial charge on any atom is 0.275 e. The fourth-order valence-electron chi connectivity index (χ4n) is 4.01. The van der Waals surface area contributed by atoms with Crippen LogP contribution in [0.2, 0.25) is 0 Å². The van der Waals surface area contributed by atoms with Gasteiger partial charge in [0.2, 0.25) is 6.79 Å². The Morgan fingerprint density at radius 2 is 2.20 bits per heavy atom. The highest BCUT2D eigenvalue weighted by Crippen LogP contribution is 2.39. The molecule has 1 amide bonds. The number of nitrogens with zero attached hydrogens (tertiary/aromatic N) is 2. The van der Waals surface area contributed by atoms with Gasteiger partial charge in [-0.15, -0.1) is 0 Å². The van der Waals surface area contributed by atoms with Crippen LogP contribution in [0.15, 0.2) is 18.2 Å². The Morgan fingerprint density at radius 1 is 1.28 bits per heavy atom. The zero-order valence-electron chi connectivity index (χ0n) is 13.9. The fourth-order valence-corrected chi connectivity index (χ4v) is 4.01. The molecule has 25 heavy (non-hydrogen) atoms. The normalized spacial score (nSPS) is 21.4. The van der Waals surface area contributed by atoms with E-state index in [0.717, 1.165) is 60.7 Å². The Balaban J connectivity index is 1.45. The van der Waals surface area contributed by atoms with Gasteiger partial charge in [-0.05, 0) is 30.5 Å². The first-order chi connectivity index (χ1) is 12.3. The predicted molar refractivity (Wildman–Crippen MR) is 89.6 cm³/mol. The Hall–Kier alpha value is -2.54. The number of hydrogen-bond acceptors (Lipinski definition) is 5. The van der Waals surface area contributed by atoms with Crippen LogP contribution in [0.5, 0.6) is 11.5 Å². The predicted octanol–water partition coefficient (Wildman–Crippen LogP) is 1.76. The number of ether oxygens (including phenoxy) is 2. The van der Waals surface area contributed by atoms with Crippen LogP contribution in [0.4, 0.5) is 0 Å². The van der Waals surface area contributed by atoms with E-state index in [4.69, 9.17) is 9.47 Å². The molecule has 1 atom stereocenters. The summed E-state index contributed by atoms with van der Waals surface area (Å²) in [5, 5.41) is 10.7. The molecule has 1 fully saturated rings. The number of hydrogen-bond donors (Lipinski definition) is 2. The van der Waals surface area contributed by atoms with Crippen molar-refractivity contribution in [1.82, 2.24) is 20.4 Å². The molecule has 0 aliphatic carbocycles. The lowest BCUT2D eigenvalue weighted by Gasteiger charge is -2.25. The van der Waals surface area contributed by atoms with E-state index in [9.17, 15) is 4.79 Å². The molecule has 5 rings (SSSR count). The summed E-state index contributed by atoms with van der Waals surface area (Å²) in [6.07, 6.45) is 2.84. The molecular formula is C18H20N4O3. The average Bonchev–Trinajstić information content (AvgIpc) is 3.38. The lowest BCUT2D eigenvalue weighted by Crippen LogP contribution is -2.32. The summed E-state index contributed by atoms with van der Waals surface area (Å²) in [6.45, 7) is 2.65. The van der Waals surface area contributed by atoms with E-state index in [1.54, 1.807) is 0 Å². The van der Waals surface area contributed by atoms with Crippen LogP contribution in [0.25, 0.3) is 0 Å². The van der Waals surface area contributed by atoms with E-state index in [1.165, 1.54) is 0 Å². The van der Waals surface area contributed by atoms with Crippen LogP contribution in [-0.4, -0.2) is 40.9 Å². The van der Waals surface area contributed by atoms with E-state index in [-0.39, 0.29) is 18.7 Å². The second kappa shape index (κ2) is 5.77. The number of rotatable bonds is 2. The van der Waals surface area contributed by atoms with E-state index in [0.29, 0.717) is 12.2 Å². The van der Waals surface area contributed by atoms with Crippen molar-refractivity contribution in [3.8, 4) is 11.5 Å². The van der Waals surface area contributed by atoms with Crippen molar-refractivity contribution < 1.29 is 14.3 Å². The standard InChI is InChI=1S/C18H20N4O3/c23-18(17-12-9-19-6-5-13(12)20-21-17)22-7-1-2-14(22)11-3-4-15-16(8-11)25-10-24-15/h3-4,8,14,19H,1-2,5-7,9-10H2,(H,20,21). The summed E-state index contributed by atoms with van der Waals surface area (Å²) in [7, 11) is 0. The number of carbonyl (C=O) groups excluding carboxylic acids is 1. The average molecular weight is 340 g/mol. The Kier molecular flexibility index (Phi) is 3.41. The van der Waals surface area contributed by atoms with Gasteiger partial charge in [0.1, 0.15) is 0 Å². The zero-order chi connectivity index (χ0) is 16.8. The van der Waals surface area contributed by atoms with Gasteiger partial charge in [-0.25, -0.2) is 0 Å². The molecule has 0 spiro atoms. The lowest BCUT2D eigenvalue weighted by atomic mass is 10.0. The number of carbonyl (C=O) groups is 1. The number of amides is 1. The summed E-state index contributed by atoms with van der Waals surface area (Å²) >= 11 is 0. The van der Waals surface area contributed by atoms with Crippen molar-refractivity contribution in [3.63, 3.8) is 0 Å². The van der Waals surface area contributed by atoms with Gasteiger partial charge in [-0.3, -0.25) is 9.89 Å². The van der Waals surface area contributed by atoms with Gasteiger partial charge in [0, 0.05) is 37.3 Å². The van der Waals surface area contributed by atoms with Crippen LogP contribution in [0.1, 0.15) is 46.2 Å². The first-order valence-electron chi connectivity index (χ1n) is 8.78. The highest BCUT2D eigenvalue weighted by atomic mass is 16.7. The summed E-state index contributed by atoms with van der Waals surface area (Å²) in [4.78, 5) is 15.1. The van der Waals surface area contributed by atoms with Crippen LogP contribution < -0.4 is 14.8 Å². The number of likely N-dealkylation sites (tertiary alicyclic amines) is 1. The first kappa shape index (κ1) is 14.8. The lowest BCUT2D eigenvalue weighted by molar-refractivity contribution is 0.0728. The van der Waals surface area contributed by atoms with E-state index < -0.39 is 0 Å². The number of aromatic amines is 1. The summed E-state index contributed by atoms with van der Waals surface area (Å²) in [6, 6.07) is 6.02. The van der Waals surface area contributed by atoms with Gasteiger partial charge in [-0.1, -0.05) is 6.07 Å². The Labute approximate surface area is 145 Å². The third-order valence-electron chi connectivity index (χ3n) is 5.30. The van der Waals surface area contributed by atoms with Gasteiger partial charge < -0.3 is 19.7 Å². The molecule has 1 aromatic carbocycles. The molecule has 2 N–H and O–H groups in total. The van der Waals surface area contributed by atoms with Crippen molar-refractivity contribution >= 4 is 5.91 Å². The largest absolute Gasteiger partial charge is 0.454 e. The molecule has 2 aromatic rings. The van der Waals surface area contributed by atoms with Crippen molar-refractivity contribution in [2.45, 2.75) is 31.8 Å². The second-order valence-electron chi connectivity index (χ2n) is 6.73. The Bertz CT molecular complexity index is 832. The number of aromatic nitrogens is 2. The topological polar surface area (TPSA) is 79.5 Å². The molecule has 7 nitrogen and oxygen atoms in total. The zero-order valence-corrected chi connectivity index (χ0v) is 13.9. The van der Waals surface area contributed by atoms with Crippen molar-refractivity contribution in [2.75, 3.05) is 19.9 Å². The van der Waals surface area contributed by atoms with Gasteiger partial charge in [0.05, 0.1) is 6.04 Å². The minimum atomic E-state index is 0.0152. The van der Waals surface area contributed by atoms with Gasteiger partial charge in [0.15, 0.2) is 17.2 Å². The van der Waals surface area contributed by atoms with E-state index in [2.05, 4.69) is 15.5 Å². The molecule has 4 heterocycles. The molecule has 3 aliphatic rings. The van der Waals surface area contributed by atoms with E-state index >= 15 is 0 Å². The third-order valence-corrected chi connectivity index (χ3v) is 5.30. The van der Waals surface area contributed by atoms with Crippen LogP contribution in [-0.2, 0) is 13.0 Å². The molecular weight excluding hydrogens is 320 g/mol. The van der Waals surface area contributed by atoms with Gasteiger partial charge >= 0.3 is 0 Å². The SMILES string of the molecule is O=C(c1n[nH]c2c1CNCC2)N1CCCC1c1ccc2c(c1)OCO2.